The number of ketones is 1. The zero-order valence-electron chi connectivity index (χ0n) is 10.3. The van der Waals surface area contributed by atoms with Gasteiger partial charge in [-0.05, 0) is 43.3 Å². The van der Waals surface area contributed by atoms with E-state index in [0.717, 1.165) is 9.79 Å². The first kappa shape index (κ1) is 13.4. The van der Waals surface area contributed by atoms with Crippen LogP contribution in [-0.2, 0) is 0 Å². The number of Topliss-reactive ketones (excluding diaryl/α,β-unsaturated/α-hetero) is 1. The number of rotatable bonds is 4. The second kappa shape index (κ2) is 5.71. The molecule has 96 valence electrons. The first-order chi connectivity index (χ1) is 9.06. The third-order valence-electron chi connectivity index (χ3n) is 2.60. The first-order valence-electron chi connectivity index (χ1n) is 5.68. The molecule has 2 rings (SSSR count). The van der Waals surface area contributed by atoms with Crippen LogP contribution >= 0.6 is 11.8 Å². The van der Waals surface area contributed by atoms with E-state index in [1.54, 1.807) is 36.4 Å². The number of hydrogen-bond acceptors (Lipinski definition) is 3. The number of carboxylic acid groups (broad SMARTS) is 1. The summed E-state index contributed by atoms with van der Waals surface area (Å²) in [6, 6.07) is 14.0. The molecule has 3 nitrogen and oxygen atoms in total. The molecule has 0 spiro atoms. The Bertz CT molecular complexity index is 545. The fourth-order valence-corrected chi connectivity index (χ4v) is 2.38. The lowest BCUT2D eigenvalue weighted by atomic mass is 10.2. The zero-order valence-corrected chi connectivity index (χ0v) is 11.1. The van der Waals surface area contributed by atoms with E-state index >= 15 is 0 Å². The predicted molar refractivity (Wildman–Crippen MR) is 74.0 cm³/mol. The highest BCUT2D eigenvalue weighted by molar-refractivity contribution is 7.99. The highest BCUT2D eigenvalue weighted by Crippen LogP contribution is 2.28. The van der Waals surface area contributed by atoms with Crippen LogP contribution < -0.4 is 0 Å². The summed E-state index contributed by atoms with van der Waals surface area (Å²) in [4.78, 5) is 23.9. The van der Waals surface area contributed by atoms with Crippen molar-refractivity contribution >= 4 is 23.5 Å². The molecule has 4 heteroatoms. The van der Waals surface area contributed by atoms with Crippen LogP contribution in [0.5, 0.6) is 0 Å². The van der Waals surface area contributed by atoms with E-state index in [2.05, 4.69) is 0 Å². The maximum atomic E-state index is 11.2. The van der Waals surface area contributed by atoms with Crippen LogP contribution in [0.2, 0.25) is 0 Å². The molecule has 2 aromatic rings. The van der Waals surface area contributed by atoms with Gasteiger partial charge in [-0.15, -0.1) is 0 Å². The third-order valence-corrected chi connectivity index (χ3v) is 3.61. The number of aromatic carboxylic acids is 1. The Hall–Kier alpha value is -2.07. The molecule has 0 aliphatic heterocycles. The van der Waals surface area contributed by atoms with E-state index in [9.17, 15) is 9.59 Å². The number of benzene rings is 2. The number of hydrogen-bond donors (Lipinski definition) is 1. The Morgan fingerprint density at radius 1 is 0.842 bits per heavy atom. The summed E-state index contributed by atoms with van der Waals surface area (Å²) in [7, 11) is 0. The normalized spacial score (nSPS) is 10.2. The quantitative estimate of drug-likeness (QED) is 0.861. The van der Waals surface area contributed by atoms with Crippen molar-refractivity contribution in [2.45, 2.75) is 16.7 Å². The highest BCUT2D eigenvalue weighted by atomic mass is 32.2. The molecule has 0 heterocycles. The van der Waals surface area contributed by atoms with Crippen LogP contribution in [0, 0.1) is 0 Å². The monoisotopic (exact) mass is 272 g/mol. The lowest BCUT2D eigenvalue weighted by Crippen LogP contribution is -1.94. The molecule has 0 aliphatic rings. The summed E-state index contributed by atoms with van der Waals surface area (Å²) < 4.78 is 0. The topological polar surface area (TPSA) is 54.4 Å². The third kappa shape index (κ3) is 3.45. The fraction of sp³-hybridized carbons (Fsp3) is 0.0667. The molecule has 0 fully saturated rings. The molecule has 0 saturated heterocycles. The minimum Gasteiger partial charge on any atom is -0.478 e. The highest BCUT2D eigenvalue weighted by Gasteiger charge is 2.03. The molecular formula is C15H12O3S. The summed E-state index contributed by atoms with van der Waals surface area (Å²) in [6.07, 6.45) is 0. The predicted octanol–water partition coefficient (Wildman–Crippen LogP) is 3.74. The number of carboxylic acids is 1. The van der Waals surface area contributed by atoms with Gasteiger partial charge in [0.1, 0.15) is 0 Å². The summed E-state index contributed by atoms with van der Waals surface area (Å²) in [6.45, 7) is 1.53. The molecule has 0 amide bonds. The van der Waals surface area contributed by atoms with E-state index in [-0.39, 0.29) is 11.3 Å². The van der Waals surface area contributed by atoms with Crippen molar-refractivity contribution < 1.29 is 14.7 Å². The maximum Gasteiger partial charge on any atom is 0.335 e. The minimum absolute atomic E-state index is 0.0439. The Balaban J connectivity index is 2.12. The lowest BCUT2D eigenvalue weighted by molar-refractivity contribution is 0.0696. The van der Waals surface area contributed by atoms with Crippen molar-refractivity contribution in [3.63, 3.8) is 0 Å². The van der Waals surface area contributed by atoms with E-state index in [1.807, 2.05) is 12.1 Å². The van der Waals surface area contributed by atoms with Crippen molar-refractivity contribution in [1.82, 2.24) is 0 Å². The maximum absolute atomic E-state index is 11.2. The van der Waals surface area contributed by atoms with Crippen molar-refractivity contribution in [2.24, 2.45) is 0 Å². The minimum atomic E-state index is -0.928. The van der Waals surface area contributed by atoms with E-state index in [1.165, 1.54) is 18.7 Å². The lowest BCUT2D eigenvalue weighted by Gasteiger charge is -2.03. The second-order valence-corrected chi connectivity index (χ2v) is 5.16. The van der Waals surface area contributed by atoms with Crippen LogP contribution in [0.1, 0.15) is 27.6 Å². The van der Waals surface area contributed by atoms with E-state index < -0.39 is 5.97 Å². The van der Waals surface area contributed by atoms with Gasteiger partial charge < -0.3 is 5.11 Å². The molecule has 0 aliphatic carbocycles. The molecule has 0 aromatic heterocycles. The van der Waals surface area contributed by atoms with Crippen LogP contribution in [-0.4, -0.2) is 16.9 Å². The Kier molecular flexibility index (Phi) is 4.02. The van der Waals surface area contributed by atoms with Gasteiger partial charge in [0.25, 0.3) is 0 Å². The van der Waals surface area contributed by atoms with E-state index in [0.29, 0.717) is 5.56 Å². The molecule has 0 radical (unpaired) electrons. The summed E-state index contributed by atoms with van der Waals surface area (Å²) in [5.74, 6) is -0.885. The van der Waals surface area contributed by atoms with Crippen LogP contribution in [0.25, 0.3) is 0 Å². The van der Waals surface area contributed by atoms with Gasteiger partial charge in [-0.2, -0.15) is 0 Å². The molecule has 19 heavy (non-hydrogen) atoms. The molecule has 0 atom stereocenters. The van der Waals surface area contributed by atoms with Crippen LogP contribution in [0.4, 0.5) is 0 Å². The average Bonchev–Trinajstić information content (AvgIpc) is 2.40. The first-order valence-corrected chi connectivity index (χ1v) is 6.50. The Labute approximate surface area is 115 Å². The van der Waals surface area contributed by atoms with Gasteiger partial charge >= 0.3 is 5.97 Å². The molecule has 1 N–H and O–H groups in total. The number of carbonyl (C=O) groups is 2. The zero-order chi connectivity index (χ0) is 13.8. The fourth-order valence-electron chi connectivity index (χ4n) is 1.56. The summed E-state index contributed by atoms with van der Waals surface area (Å²) >= 11 is 1.52. The largest absolute Gasteiger partial charge is 0.478 e. The summed E-state index contributed by atoms with van der Waals surface area (Å²) in [5, 5.41) is 8.81. The summed E-state index contributed by atoms with van der Waals surface area (Å²) in [5.41, 5.74) is 0.960. The van der Waals surface area contributed by atoms with Crippen molar-refractivity contribution in [2.75, 3.05) is 0 Å². The smallest absolute Gasteiger partial charge is 0.335 e. The van der Waals surface area contributed by atoms with Crippen molar-refractivity contribution in [1.29, 1.82) is 0 Å². The van der Waals surface area contributed by atoms with Gasteiger partial charge in [-0.1, -0.05) is 23.9 Å². The van der Waals surface area contributed by atoms with Gasteiger partial charge in [0.2, 0.25) is 0 Å². The molecule has 0 saturated carbocycles. The van der Waals surface area contributed by atoms with Gasteiger partial charge in [0.15, 0.2) is 5.78 Å². The molecule has 0 unspecified atom stereocenters. The average molecular weight is 272 g/mol. The molecule has 0 bridgehead atoms. The van der Waals surface area contributed by atoms with Gasteiger partial charge in [0.05, 0.1) is 5.56 Å². The van der Waals surface area contributed by atoms with Crippen LogP contribution in [0.15, 0.2) is 58.3 Å². The SMILES string of the molecule is CC(=O)c1ccc(Sc2ccc(C(=O)O)cc2)cc1. The van der Waals surface area contributed by atoms with Gasteiger partial charge in [-0.25, -0.2) is 4.79 Å². The van der Waals surface area contributed by atoms with Gasteiger partial charge in [-0.3, -0.25) is 4.79 Å². The Morgan fingerprint density at radius 2 is 1.26 bits per heavy atom. The Morgan fingerprint density at radius 3 is 1.63 bits per heavy atom. The van der Waals surface area contributed by atoms with Gasteiger partial charge in [0, 0.05) is 15.4 Å². The standard InChI is InChI=1S/C15H12O3S/c1-10(16)11-2-6-13(7-3-11)19-14-8-4-12(5-9-14)15(17)18/h2-9H,1H3,(H,17,18). The molecule has 2 aromatic carbocycles. The van der Waals surface area contributed by atoms with Crippen LogP contribution in [0.3, 0.4) is 0 Å². The van der Waals surface area contributed by atoms with E-state index in [4.69, 9.17) is 5.11 Å². The van der Waals surface area contributed by atoms with Crippen molar-refractivity contribution in [3.8, 4) is 0 Å². The molecular weight excluding hydrogens is 260 g/mol. The number of carbonyl (C=O) groups excluding carboxylic acids is 1. The second-order valence-electron chi connectivity index (χ2n) is 4.01. The van der Waals surface area contributed by atoms with Crippen molar-refractivity contribution in [3.05, 3.63) is 59.7 Å².